The first-order valence-corrected chi connectivity index (χ1v) is 10.6. The number of hydrogen-bond donors (Lipinski definition) is 1. The van der Waals surface area contributed by atoms with Crippen LogP contribution in [0.2, 0.25) is 0 Å². The van der Waals surface area contributed by atoms with Gasteiger partial charge in [-0.15, -0.1) is 0 Å². The quantitative estimate of drug-likeness (QED) is 0.710. The molecule has 1 unspecified atom stereocenters. The van der Waals surface area contributed by atoms with Gasteiger partial charge in [0.2, 0.25) is 5.91 Å². The molecule has 1 aliphatic heterocycles. The van der Waals surface area contributed by atoms with Gasteiger partial charge < -0.3 is 10.2 Å². The Bertz CT molecular complexity index is 1060. The fourth-order valence-corrected chi connectivity index (χ4v) is 4.27. The molecule has 1 aromatic carbocycles. The number of nitrogens with zero attached hydrogens (tertiary/aromatic N) is 4. The zero-order valence-electron chi connectivity index (χ0n) is 17.1. The molecular weight excluding hydrogens is 374 g/mol. The van der Waals surface area contributed by atoms with Gasteiger partial charge in [-0.05, 0) is 50.3 Å². The number of anilines is 1. The molecule has 3 heterocycles. The van der Waals surface area contributed by atoms with Crippen LogP contribution in [0.4, 0.5) is 5.82 Å². The van der Waals surface area contributed by atoms with E-state index in [9.17, 15) is 4.79 Å². The average molecular weight is 399 g/mol. The van der Waals surface area contributed by atoms with Crippen LogP contribution in [0, 0.1) is 6.92 Å². The van der Waals surface area contributed by atoms with Gasteiger partial charge in [-0.25, -0.2) is 9.97 Å². The standard InChI is InChI=1S/C24H25N5O/c1-16-8-10-17(11-9-16)15-29-14-12-21(24(29)30)27-22-18-5-4-7-19(18)26-23(28-22)20-6-2-3-13-25-20/h2-3,6,8-11,13,21H,4-5,7,12,14-15H2,1H3,(H,26,27,28). The normalized spacial score (nSPS) is 18.0. The first-order valence-electron chi connectivity index (χ1n) is 10.6. The van der Waals surface area contributed by atoms with Crippen LogP contribution in [-0.4, -0.2) is 38.3 Å². The third kappa shape index (κ3) is 3.65. The Kier molecular flexibility index (Phi) is 4.91. The third-order valence-corrected chi connectivity index (χ3v) is 5.93. The lowest BCUT2D eigenvalue weighted by atomic mass is 10.1. The van der Waals surface area contributed by atoms with E-state index >= 15 is 0 Å². The minimum Gasteiger partial charge on any atom is -0.358 e. The Morgan fingerprint density at radius 2 is 1.97 bits per heavy atom. The molecule has 6 heteroatoms. The number of nitrogens with one attached hydrogen (secondary N) is 1. The molecule has 30 heavy (non-hydrogen) atoms. The van der Waals surface area contributed by atoms with Gasteiger partial charge in [0.25, 0.3) is 0 Å². The molecule has 3 aromatic rings. The van der Waals surface area contributed by atoms with Crippen molar-refractivity contribution in [3.05, 3.63) is 71.0 Å². The summed E-state index contributed by atoms with van der Waals surface area (Å²) in [5, 5.41) is 3.46. The topological polar surface area (TPSA) is 71.0 Å². The van der Waals surface area contributed by atoms with Crippen molar-refractivity contribution in [2.24, 2.45) is 0 Å². The highest BCUT2D eigenvalue weighted by molar-refractivity contribution is 5.86. The second kappa shape index (κ2) is 7.86. The summed E-state index contributed by atoms with van der Waals surface area (Å²) < 4.78 is 0. The molecule has 2 aliphatic rings. The summed E-state index contributed by atoms with van der Waals surface area (Å²) in [4.78, 5) is 28.9. The number of pyridine rings is 1. The summed E-state index contributed by atoms with van der Waals surface area (Å²) >= 11 is 0. The van der Waals surface area contributed by atoms with Gasteiger partial charge in [0.05, 0.1) is 0 Å². The molecule has 2 aromatic heterocycles. The molecule has 6 nitrogen and oxygen atoms in total. The van der Waals surface area contributed by atoms with E-state index < -0.39 is 0 Å². The number of amides is 1. The Balaban J connectivity index is 1.36. The smallest absolute Gasteiger partial charge is 0.245 e. The van der Waals surface area contributed by atoms with Crippen molar-refractivity contribution >= 4 is 11.7 Å². The summed E-state index contributed by atoms with van der Waals surface area (Å²) in [5.41, 5.74) is 5.38. The number of carbonyl (C=O) groups is 1. The van der Waals surface area contributed by atoms with Crippen LogP contribution >= 0.6 is 0 Å². The van der Waals surface area contributed by atoms with E-state index in [0.29, 0.717) is 12.4 Å². The van der Waals surface area contributed by atoms with Gasteiger partial charge in [0.1, 0.15) is 17.6 Å². The summed E-state index contributed by atoms with van der Waals surface area (Å²) in [6.07, 6.45) is 5.51. The van der Waals surface area contributed by atoms with Crippen molar-refractivity contribution in [2.45, 2.75) is 45.2 Å². The molecule has 0 spiro atoms. The van der Waals surface area contributed by atoms with Crippen LogP contribution in [0.5, 0.6) is 0 Å². The summed E-state index contributed by atoms with van der Waals surface area (Å²) in [5.74, 6) is 1.56. The molecular formula is C24H25N5O. The maximum Gasteiger partial charge on any atom is 0.245 e. The number of rotatable bonds is 5. The Labute approximate surface area is 176 Å². The highest BCUT2D eigenvalue weighted by Gasteiger charge is 2.33. The van der Waals surface area contributed by atoms with E-state index in [1.807, 2.05) is 23.1 Å². The highest BCUT2D eigenvalue weighted by atomic mass is 16.2. The SMILES string of the molecule is Cc1ccc(CN2CCC(Nc3nc(-c4ccccn4)nc4c3CCC4)C2=O)cc1. The van der Waals surface area contributed by atoms with E-state index in [1.54, 1.807) is 6.20 Å². The minimum atomic E-state index is -0.244. The second-order valence-corrected chi connectivity index (χ2v) is 8.12. The highest BCUT2D eigenvalue weighted by Crippen LogP contribution is 2.30. The molecule has 152 valence electrons. The Hall–Kier alpha value is -3.28. The van der Waals surface area contributed by atoms with Gasteiger partial charge in [0, 0.05) is 30.5 Å². The fraction of sp³-hybridized carbons (Fsp3) is 0.333. The minimum absolute atomic E-state index is 0.139. The van der Waals surface area contributed by atoms with E-state index in [-0.39, 0.29) is 11.9 Å². The van der Waals surface area contributed by atoms with Crippen molar-refractivity contribution in [2.75, 3.05) is 11.9 Å². The maximum absolute atomic E-state index is 13.0. The van der Waals surface area contributed by atoms with Crippen LogP contribution in [-0.2, 0) is 24.2 Å². The summed E-state index contributed by atoms with van der Waals surface area (Å²) in [6.45, 7) is 3.48. The predicted molar refractivity (Wildman–Crippen MR) is 116 cm³/mol. The number of likely N-dealkylation sites (tertiary alicyclic amines) is 1. The maximum atomic E-state index is 13.0. The number of aryl methyl sites for hydroxylation is 2. The lowest BCUT2D eigenvalue weighted by Crippen LogP contribution is -2.33. The molecule has 1 aliphatic carbocycles. The Morgan fingerprint density at radius 1 is 1.10 bits per heavy atom. The van der Waals surface area contributed by atoms with Gasteiger partial charge in [-0.3, -0.25) is 9.78 Å². The molecule has 1 N–H and O–H groups in total. The number of fused-ring (bicyclic) bond motifs is 1. The van der Waals surface area contributed by atoms with Crippen LogP contribution in [0.1, 0.15) is 35.2 Å². The molecule has 1 fully saturated rings. The molecule has 1 atom stereocenters. The van der Waals surface area contributed by atoms with Gasteiger partial charge in [0.15, 0.2) is 5.82 Å². The summed E-state index contributed by atoms with van der Waals surface area (Å²) in [7, 11) is 0. The number of benzene rings is 1. The molecule has 1 saturated heterocycles. The third-order valence-electron chi connectivity index (χ3n) is 5.93. The molecule has 5 rings (SSSR count). The van der Waals surface area contributed by atoms with Crippen molar-refractivity contribution in [3.8, 4) is 11.5 Å². The largest absolute Gasteiger partial charge is 0.358 e. The first-order chi connectivity index (χ1) is 14.7. The van der Waals surface area contributed by atoms with E-state index in [0.717, 1.165) is 60.6 Å². The van der Waals surface area contributed by atoms with Crippen LogP contribution in [0.3, 0.4) is 0 Å². The van der Waals surface area contributed by atoms with E-state index in [2.05, 4.69) is 41.5 Å². The Morgan fingerprint density at radius 3 is 2.77 bits per heavy atom. The van der Waals surface area contributed by atoms with Crippen molar-refractivity contribution in [3.63, 3.8) is 0 Å². The summed E-state index contributed by atoms with van der Waals surface area (Å²) in [6, 6.07) is 13.9. The monoisotopic (exact) mass is 399 g/mol. The van der Waals surface area contributed by atoms with Crippen LogP contribution < -0.4 is 5.32 Å². The molecule has 0 bridgehead atoms. The lowest BCUT2D eigenvalue weighted by molar-refractivity contribution is -0.128. The van der Waals surface area contributed by atoms with Gasteiger partial charge in [-0.2, -0.15) is 0 Å². The molecule has 1 amide bonds. The lowest BCUT2D eigenvalue weighted by Gasteiger charge is -2.19. The van der Waals surface area contributed by atoms with Crippen molar-refractivity contribution < 1.29 is 4.79 Å². The number of hydrogen-bond acceptors (Lipinski definition) is 5. The fourth-order valence-electron chi connectivity index (χ4n) is 4.27. The van der Waals surface area contributed by atoms with Crippen LogP contribution in [0.15, 0.2) is 48.7 Å². The molecule has 0 radical (unpaired) electrons. The van der Waals surface area contributed by atoms with E-state index in [1.165, 1.54) is 5.56 Å². The zero-order valence-corrected chi connectivity index (χ0v) is 17.1. The van der Waals surface area contributed by atoms with E-state index in [4.69, 9.17) is 9.97 Å². The van der Waals surface area contributed by atoms with Crippen molar-refractivity contribution in [1.29, 1.82) is 0 Å². The van der Waals surface area contributed by atoms with Crippen molar-refractivity contribution in [1.82, 2.24) is 19.9 Å². The predicted octanol–water partition coefficient (Wildman–Crippen LogP) is 3.55. The molecule has 0 saturated carbocycles. The second-order valence-electron chi connectivity index (χ2n) is 8.12. The van der Waals surface area contributed by atoms with Gasteiger partial charge in [-0.1, -0.05) is 35.9 Å². The van der Waals surface area contributed by atoms with Crippen LogP contribution in [0.25, 0.3) is 11.5 Å². The number of aromatic nitrogens is 3. The van der Waals surface area contributed by atoms with Gasteiger partial charge >= 0.3 is 0 Å². The average Bonchev–Trinajstić information content (AvgIpc) is 3.38. The first kappa shape index (κ1) is 18.7. The zero-order chi connectivity index (χ0) is 20.5. The number of carbonyl (C=O) groups excluding carboxylic acids is 1.